The Morgan fingerprint density at radius 1 is 1.17 bits per heavy atom. The van der Waals surface area contributed by atoms with Gasteiger partial charge in [-0.05, 0) is 80.2 Å². The van der Waals surface area contributed by atoms with E-state index in [1.54, 1.807) is 7.11 Å². The van der Waals surface area contributed by atoms with E-state index in [4.69, 9.17) is 22.1 Å². The Bertz CT molecular complexity index is 999. The van der Waals surface area contributed by atoms with Crippen LogP contribution in [0.25, 0.3) is 11.1 Å². The maximum absolute atomic E-state index is 13.3. The van der Waals surface area contributed by atoms with Crippen LogP contribution in [0, 0.1) is 11.8 Å². The topological polar surface area (TPSA) is 75.8 Å². The first-order valence-corrected chi connectivity index (χ1v) is 13.4. The molecule has 0 bridgehead atoms. The molecule has 1 unspecified atom stereocenters. The molecule has 1 saturated carbocycles. The van der Waals surface area contributed by atoms with Gasteiger partial charge in [0.1, 0.15) is 0 Å². The zero-order chi connectivity index (χ0) is 24.8. The van der Waals surface area contributed by atoms with Crippen molar-refractivity contribution in [3.05, 3.63) is 59.1 Å². The van der Waals surface area contributed by atoms with Gasteiger partial charge in [0.15, 0.2) is 0 Å². The summed E-state index contributed by atoms with van der Waals surface area (Å²) in [6, 6.07) is 16.0. The number of hydrogen-bond donors (Lipinski definition) is 2. The number of unbranched alkanes of at least 4 members (excludes halogenated alkanes) is 1. The van der Waals surface area contributed by atoms with Crippen molar-refractivity contribution < 1.29 is 14.6 Å². The summed E-state index contributed by atoms with van der Waals surface area (Å²) in [7, 11) is 1.71. The van der Waals surface area contributed by atoms with Crippen LogP contribution in [0.4, 0.5) is 0 Å². The highest BCUT2D eigenvalue weighted by Crippen LogP contribution is 2.44. The largest absolute Gasteiger partial charge is 0.385 e. The Labute approximate surface area is 214 Å². The minimum absolute atomic E-state index is 0.0253. The van der Waals surface area contributed by atoms with Gasteiger partial charge in [-0.3, -0.25) is 4.79 Å². The van der Waals surface area contributed by atoms with Crippen molar-refractivity contribution in [3.8, 4) is 11.1 Å². The molecule has 1 aliphatic heterocycles. The molecule has 2 fully saturated rings. The van der Waals surface area contributed by atoms with E-state index in [1.807, 2.05) is 47.4 Å². The quantitative estimate of drug-likeness (QED) is 0.455. The second kappa shape index (κ2) is 11.9. The van der Waals surface area contributed by atoms with Crippen molar-refractivity contribution in [2.45, 2.75) is 63.0 Å². The molecular formula is C29H39ClN2O3. The predicted molar refractivity (Wildman–Crippen MR) is 141 cm³/mol. The SMILES string of the molecule is COCCCC[C@@](O)(c1ccccc1-c1cccc(Cl)c1)C1CCCN(C(=O)[C@@H]2CC[C@H](N)C2)C1. The Morgan fingerprint density at radius 3 is 2.74 bits per heavy atom. The van der Waals surface area contributed by atoms with E-state index in [0.717, 1.165) is 68.2 Å². The molecule has 2 aromatic carbocycles. The molecule has 35 heavy (non-hydrogen) atoms. The van der Waals surface area contributed by atoms with Crippen molar-refractivity contribution in [1.29, 1.82) is 0 Å². The van der Waals surface area contributed by atoms with Crippen LogP contribution in [0.15, 0.2) is 48.5 Å². The summed E-state index contributed by atoms with van der Waals surface area (Å²) < 4.78 is 5.27. The lowest BCUT2D eigenvalue weighted by atomic mass is 9.72. The number of methoxy groups -OCH3 is 1. The van der Waals surface area contributed by atoms with Gasteiger partial charge >= 0.3 is 0 Å². The normalized spacial score (nSPS) is 24.3. The molecule has 4 rings (SSSR count). The summed E-state index contributed by atoms with van der Waals surface area (Å²) in [6.45, 7) is 2.01. The van der Waals surface area contributed by atoms with Gasteiger partial charge in [0.05, 0.1) is 5.60 Å². The molecule has 2 aliphatic rings. The smallest absolute Gasteiger partial charge is 0.225 e. The van der Waals surface area contributed by atoms with Crippen LogP contribution in [0.1, 0.15) is 56.9 Å². The van der Waals surface area contributed by atoms with Crippen molar-refractivity contribution in [2.24, 2.45) is 17.6 Å². The van der Waals surface area contributed by atoms with Crippen molar-refractivity contribution in [3.63, 3.8) is 0 Å². The van der Waals surface area contributed by atoms with E-state index in [2.05, 4.69) is 6.07 Å². The number of carbonyl (C=O) groups excluding carboxylic acids is 1. The Kier molecular flexibility index (Phi) is 8.87. The van der Waals surface area contributed by atoms with Crippen LogP contribution in [0.2, 0.25) is 5.02 Å². The second-order valence-corrected chi connectivity index (χ2v) is 10.8. The van der Waals surface area contributed by atoms with Gasteiger partial charge in [-0.15, -0.1) is 0 Å². The summed E-state index contributed by atoms with van der Waals surface area (Å²) >= 11 is 6.33. The van der Waals surface area contributed by atoms with Crippen LogP contribution in [0.5, 0.6) is 0 Å². The summed E-state index contributed by atoms with van der Waals surface area (Å²) in [6.07, 6.45) is 6.70. The van der Waals surface area contributed by atoms with Gasteiger partial charge < -0.3 is 20.5 Å². The number of nitrogens with two attached hydrogens (primary N) is 1. The lowest BCUT2D eigenvalue weighted by molar-refractivity contribution is -0.140. The average molecular weight is 499 g/mol. The summed E-state index contributed by atoms with van der Waals surface area (Å²) in [4.78, 5) is 15.3. The lowest BCUT2D eigenvalue weighted by Gasteiger charge is -2.44. The minimum Gasteiger partial charge on any atom is -0.385 e. The lowest BCUT2D eigenvalue weighted by Crippen LogP contribution is -2.49. The third-order valence-electron chi connectivity index (χ3n) is 7.92. The maximum Gasteiger partial charge on any atom is 0.225 e. The van der Waals surface area contributed by atoms with E-state index < -0.39 is 5.60 Å². The fourth-order valence-corrected chi connectivity index (χ4v) is 6.22. The van der Waals surface area contributed by atoms with Crippen molar-refractivity contribution >= 4 is 17.5 Å². The Balaban J connectivity index is 1.65. The van der Waals surface area contributed by atoms with Crippen LogP contribution in [-0.4, -0.2) is 48.8 Å². The van der Waals surface area contributed by atoms with Gasteiger partial charge in [0.2, 0.25) is 5.91 Å². The number of aliphatic hydroxyl groups is 1. The highest BCUT2D eigenvalue weighted by molar-refractivity contribution is 6.30. The van der Waals surface area contributed by atoms with Crippen LogP contribution in [0.3, 0.4) is 0 Å². The monoisotopic (exact) mass is 498 g/mol. The summed E-state index contributed by atoms with van der Waals surface area (Å²) in [5.41, 5.74) is 7.94. The maximum atomic E-state index is 13.3. The molecule has 6 heteroatoms. The number of rotatable bonds is 9. The zero-order valence-electron chi connectivity index (χ0n) is 20.8. The fourth-order valence-electron chi connectivity index (χ4n) is 6.03. The molecule has 1 saturated heterocycles. The van der Waals surface area contributed by atoms with Crippen LogP contribution >= 0.6 is 11.6 Å². The number of likely N-dealkylation sites (tertiary alicyclic amines) is 1. The number of nitrogens with zero attached hydrogens (tertiary/aromatic N) is 1. The number of halogens is 1. The van der Waals surface area contributed by atoms with Crippen molar-refractivity contribution in [2.75, 3.05) is 26.8 Å². The van der Waals surface area contributed by atoms with Crippen molar-refractivity contribution in [1.82, 2.24) is 4.90 Å². The van der Waals surface area contributed by atoms with E-state index >= 15 is 0 Å². The molecular weight excluding hydrogens is 460 g/mol. The molecule has 2 aromatic rings. The highest BCUT2D eigenvalue weighted by Gasteiger charge is 2.43. The molecule has 5 nitrogen and oxygen atoms in total. The second-order valence-electron chi connectivity index (χ2n) is 10.3. The van der Waals surface area contributed by atoms with E-state index in [-0.39, 0.29) is 23.8 Å². The van der Waals surface area contributed by atoms with E-state index in [1.165, 1.54) is 0 Å². The fraction of sp³-hybridized carbons (Fsp3) is 0.552. The zero-order valence-corrected chi connectivity index (χ0v) is 21.6. The average Bonchev–Trinajstić information content (AvgIpc) is 3.32. The number of hydrogen-bond acceptors (Lipinski definition) is 4. The molecule has 4 atom stereocenters. The number of piperidine rings is 1. The van der Waals surface area contributed by atoms with E-state index in [9.17, 15) is 9.90 Å². The molecule has 0 spiro atoms. The molecule has 0 aromatic heterocycles. The van der Waals surface area contributed by atoms with Gasteiger partial charge in [-0.25, -0.2) is 0 Å². The molecule has 1 aliphatic carbocycles. The predicted octanol–water partition coefficient (Wildman–Crippen LogP) is 5.38. The third-order valence-corrected chi connectivity index (χ3v) is 8.15. The molecule has 1 amide bonds. The van der Waals surface area contributed by atoms with Gasteiger partial charge in [-0.2, -0.15) is 0 Å². The van der Waals surface area contributed by atoms with Gasteiger partial charge in [0.25, 0.3) is 0 Å². The van der Waals surface area contributed by atoms with Crippen LogP contribution in [-0.2, 0) is 15.1 Å². The van der Waals surface area contributed by atoms with E-state index in [0.29, 0.717) is 24.6 Å². The summed E-state index contributed by atoms with van der Waals surface area (Å²) in [5, 5.41) is 13.2. The number of amides is 1. The number of benzene rings is 2. The third kappa shape index (κ3) is 6.08. The Morgan fingerprint density at radius 2 is 2.00 bits per heavy atom. The standard InChI is InChI=1S/C29H39ClN2O3/c1-35-17-5-4-15-29(34,27-12-3-2-11-26(27)21-8-6-10-24(30)18-21)23-9-7-16-32(20-23)28(33)22-13-14-25(31)19-22/h2-3,6,8,10-12,18,22-23,25,34H,4-5,7,9,13-17,19-20,31H2,1H3/t22-,23?,25+,29+/m1/s1. The molecule has 0 radical (unpaired) electrons. The summed E-state index contributed by atoms with van der Waals surface area (Å²) in [5.74, 6) is 0.197. The molecule has 3 N–H and O–H groups in total. The number of carbonyl (C=O) groups is 1. The first-order valence-electron chi connectivity index (χ1n) is 13.0. The Hall–Kier alpha value is -1.92. The van der Waals surface area contributed by atoms with Gasteiger partial charge in [0, 0.05) is 49.7 Å². The first-order chi connectivity index (χ1) is 16.9. The highest BCUT2D eigenvalue weighted by atomic mass is 35.5. The molecule has 1 heterocycles. The minimum atomic E-state index is -1.06. The molecule has 190 valence electrons. The van der Waals surface area contributed by atoms with Gasteiger partial charge in [-0.1, -0.05) is 48.0 Å². The number of ether oxygens (including phenoxy) is 1. The first kappa shape index (κ1) is 26.2. The van der Waals surface area contributed by atoms with Crippen LogP contribution < -0.4 is 5.73 Å².